The number of amides is 2. The second kappa shape index (κ2) is 9.49. The van der Waals surface area contributed by atoms with Crippen LogP contribution in [0, 0.1) is 17.8 Å². The second-order valence-electron chi connectivity index (χ2n) is 9.65. The zero-order chi connectivity index (χ0) is 23.7. The average molecular weight is 463 g/mol. The summed E-state index contributed by atoms with van der Waals surface area (Å²) in [6.07, 6.45) is 3.42. The zero-order valence-corrected chi connectivity index (χ0v) is 19.0. The van der Waals surface area contributed by atoms with E-state index >= 15 is 0 Å². The molecule has 2 amide bonds. The van der Waals surface area contributed by atoms with Gasteiger partial charge in [0.25, 0.3) is 0 Å². The maximum atomic E-state index is 12.8. The number of hydrogen-bond donors (Lipinski definition) is 3. The quantitative estimate of drug-likeness (QED) is 0.579. The SMILES string of the molecule is O=C(N[C@H]1CCCC[C@H]1C(=O)NC[C@H]1C[C@H]1C(=O)O)OCC1c2ccccc2-c2ccccc21. The van der Waals surface area contributed by atoms with Gasteiger partial charge in [-0.1, -0.05) is 61.4 Å². The van der Waals surface area contributed by atoms with Crippen LogP contribution < -0.4 is 10.6 Å². The van der Waals surface area contributed by atoms with Crippen LogP contribution in [-0.4, -0.2) is 42.3 Å². The first-order chi connectivity index (χ1) is 16.5. The molecule has 0 aliphatic heterocycles. The fraction of sp³-hybridized carbons (Fsp3) is 0.444. The van der Waals surface area contributed by atoms with Gasteiger partial charge >= 0.3 is 12.1 Å². The van der Waals surface area contributed by atoms with Crippen molar-refractivity contribution >= 4 is 18.0 Å². The fourth-order valence-electron chi connectivity index (χ4n) is 5.55. The zero-order valence-electron chi connectivity index (χ0n) is 19.0. The molecule has 0 bridgehead atoms. The van der Waals surface area contributed by atoms with Gasteiger partial charge in [0, 0.05) is 18.5 Å². The lowest BCUT2D eigenvalue weighted by Gasteiger charge is -2.31. The molecule has 0 heterocycles. The molecule has 0 aromatic heterocycles. The van der Waals surface area contributed by atoms with Crippen LogP contribution in [0.2, 0.25) is 0 Å². The highest BCUT2D eigenvalue weighted by Gasteiger charge is 2.43. The van der Waals surface area contributed by atoms with E-state index in [0.29, 0.717) is 19.4 Å². The molecule has 3 aliphatic carbocycles. The van der Waals surface area contributed by atoms with E-state index in [9.17, 15) is 14.4 Å². The summed E-state index contributed by atoms with van der Waals surface area (Å²) < 4.78 is 5.67. The van der Waals surface area contributed by atoms with Gasteiger partial charge in [0.1, 0.15) is 6.61 Å². The van der Waals surface area contributed by atoms with Crippen LogP contribution in [0.4, 0.5) is 4.79 Å². The maximum absolute atomic E-state index is 12.8. The Balaban J connectivity index is 1.17. The highest BCUT2D eigenvalue weighted by molar-refractivity contribution is 5.81. The van der Waals surface area contributed by atoms with Crippen LogP contribution in [-0.2, 0) is 14.3 Å². The lowest BCUT2D eigenvalue weighted by molar-refractivity contribution is -0.139. The minimum atomic E-state index is -0.799. The topological polar surface area (TPSA) is 105 Å². The summed E-state index contributed by atoms with van der Waals surface area (Å²) >= 11 is 0. The van der Waals surface area contributed by atoms with Crippen LogP contribution in [0.1, 0.15) is 49.1 Å². The first kappa shape index (κ1) is 22.4. The van der Waals surface area contributed by atoms with Crippen molar-refractivity contribution in [1.82, 2.24) is 10.6 Å². The smallest absolute Gasteiger partial charge is 0.407 e. The molecule has 2 aromatic carbocycles. The Morgan fingerprint density at radius 2 is 1.56 bits per heavy atom. The Labute approximate surface area is 198 Å². The Morgan fingerprint density at radius 1 is 0.912 bits per heavy atom. The van der Waals surface area contributed by atoms with Crippen molar-refractivity contribution in [2.24, 2.45) is 17.8 Å². The molecule has 2 aromatic rings. The molecule has 3 N–H and O–H groups in total. The van der Waals surface area contributed by atoms with E-state index in [0.717, 1.165) is 30.4 Å². The third-order valence-electron chi connectivity index (χ3n) is 7.53. The summed E-state index contributed by atoms with van der Waals surface area (Å²) in [4.78, 5) is 36.5. The average Bonchev–Trinajstić information content (AvgIpc) is 3.57. The number of nitrogens with one attached hydrogen (secondary N) is 2. The second-order valence-corrected chi connectivity index (χ2v) is 9.65. The molecular weight excluding hydrogens is 432 g/mol. The molecule has 7 heteroatoms. The highest BCUT2D eigenvalue weighted by Crippen LogP contribution is 2.44. The van der Waals surface area contributed by atoms with E-state index in [1.165, 1.54) is 11.1 Å². The van der Waals surface area contributed by atoms with Gasteiger partial charge in [0.05, 0.1) is 11.8 Å². The van der Waals surface area contributed by atoms with Crippen LogP contribution in [0.25, 0.3) is 11.1 Å². The van der Waals surface area contributed by atoms with E-state index in [1.54, 1.807) is 0 Å². The number of rotatable bonds is 7. The number of carboxylic acid groups (broad SMARTS) is 1. The number of aliphatic carboxylic acids is 1. The molecule has 0 radical (unpaired) electrons. The monoisotopic (exact) mass is 462 g/mol. The van der Waals surface area contributed by atoms with E-state index in [2.05, 4.69) is 34.9 Å². The van der Waals surface area contributed by atoms with Gasteiger partial charge in [0.15, 0.2) is 0 Å². The number of hydrogen-bond acceptors (Lipinski definition) is 4. The molecule has 7 nitrogen and oxygen atoms in total. The van der Waals surface area contributed by atoms with Crippen molar-refractivity contribution in [1.29, 1.82) is 0 Å². The summed E-state index contributed by atoms with van der Waals surface area (Å²) in [7, 11) is 0. The molecule has 5 rings (SSSR count). The van der Waals surface area contributed by atoms with Crippen molar-refractivity contribution < 1.29 is 24.2 Å². The van der Waals surface area contributed by atoms with Crippen molar-refractivity contribution in [2.45, 2.75) is 44.1 Å². The number of carbonyl (C=O) groups is 3. The van der Waals surface area contributed by atoms with Crippen molar-refractivity contribution in [3.05, 3.63) is 59.7 Å². The van der Waals surface area contributed by atoms with Gasteiger partial charge in [0.2, 0.25) is 5.91 Å². The molecule has 4 atom stereocenters. The molecule has 0 unspecified atom stereocenters. The summed E-state index contributed by atoms with van der Waals surface area (Å²) in [5, 5.41) is 14.9. The lowest BCUT2D eigenvalue weighted by atomic mass is 9.84. The minimum absolute atomic E-state index is 0.00988. The summed E-state index contributed by atoms with van der Waals surface area (Å²) in [5.74, 6) is -1.58. The van der Waals surface area contributed by atoms with Crippen molar-refractivity contribution in [2.75, 3.05) is 13.2 Å². The number of benzene rings is 2. The summed E-state index contributed by atoms with van der Waals surface area (Å²) in [5.41, 5.74) is 4.67. The van der Waals surface area contributed by atoms with Gasteiger partial charge in [-0.2, -0.15) is 0 Å². The number of carbonyl (C=O) groups excluding carboxylic acids is 2. The van der Waals surface area contributed by atoms with Crippen LogP contribution in [0.15, 0.2) is 48.5 Å². The standard InChI is InChI=1S/C27H30N2O5/c30-25(28-14-16-13-22(16)26(31)32)21-11-5-6-12-24(21)29-27(33)34-15-23-19-9-3-1-7-17(19)18-8-2-4-10-20(18)23/h1-4,7-10,16,21-24H,5-6,11-15H2,(H,28,30)(H,29,33)(H,31,32)/t16-,21-,22-,24+/m1/s1. The Kier molecular flexibility index (Phi) is 6.26. The Hall–Kier alpha value is -3.35. The number of alkyl carbamates (subject to hydrolysis) is 1. The fourth-order valence-corrected chi connectivity index (χ4v) is 5.55. The number of ether oxygens (including phenoxy) is 1. The summed E-state index contributed by atoms with van der Waals surface area (Å²) in [6, 6.07) is 16.1. The van der Waals surface area contributed by atoms with E-state index in [4.69, 9.17) is 9.84 Å². The highest BCUT2D eigenvalue weighted by atomic mass is 16.5. The van der Waals surface area contributed by atoms with Gasteiger partial charge in [-0.05, 0) is 47.4 Å². The predicted octanol–water partition coefficient (Wildman–Crippen LogP) is 3.92. The molecule has 34 heavy (non-hydrogen) atoms. The largest absolute Gasteiger partial charge is 0.481 e. The normalized spacial score (nSPS) is 25.1. The molecular formula is C27H30N2O5. The van der Waals surface area contributed by atoms with Gasteiger partial charge in [-0.25, -0.2) is 4.79 Å². The molecule has 0 spiro atoms. The van der Waals surface area contributed by atoms with E-state index in [1.807, 2.05) is 24.3 Å². The predicted molar refractivity (Wildman–Crippen MR) is 126 cm³/mol. The van der Waals surface area contributed by atoms with E-state index < -0.39 is 12.1 Å². The Bertz CT molecular complexity index is 1050. The first-order valence-corrected chi connectivity index (χ1v) is 12.1. The van der Waals surface area contributed by atoms with Crippen LogP contribution >= 0.6 is 0 Å². The van der Waals surface area contributed by atoms with Gasteiger partial charge < -0.3 is 20.5 Å². The molecule has 0 saturated heterocycles. The van der Waals surface area contributed by atoms with Gasteiger partial charge in [-0.15, -0.1) is 0 Å². The van der Waals surface area contributed by atoms with E-state index in [-0.39, 0.29) is 42.2 Å². The van der Waals surface area contributed by atoms with Crippen molar-refractivity contribution in [3.63, 3.8) is 0 Å². The van der Waals surface area contributed by atoms with Crippen molar-refractivity contribution in [3.8, 4) is 11.1 Å². The number of fused-ring (bicyclic) bond motifs is 3. The van der Waals surface area contributed by atoms with Crippen LogP contribution in [0.5, 0.6) is 0 Å². The van der Waals surface area contributed by atoms with Crippen LogP contribution in [0.3, 0.4) is 0 Å². The molecule has 3 aliphatic rings. The third-order valence-corrected chi connectivity index (χ3v) is 7.53. The summed E-state index contributed by atoms with van der Waals surface area (Å²) in [6.45, 7) is 0.617. The maximum Gasteiger partial charge on any atom is 0.407 e. The first-order valence-electron chi connectivity index (χ1n) is 12.1. The lowest BCUT2D eigenvalue weighted by Crippen LogP contribution is -2.49. The molecule has 178 valence electrons. The van der Waals surface area contributed by atoms with Gasteiger partial charge in [-0.3, -0.25) is 9.59 Å². The third kappa shape index (κ3) is 4.52. The molecule has 2 fully saturated rings. The molecule has 2 saturated carbocycles. The minimum Gasteiger partial charge on any atom is -0.481 e. The Morgan fingerprint density at radius 3 is 2.21 bits per heavy atom. The number of carboxylic acids is 1.